The molecule has 0 spiro atoms. The molecule has 4 rings (SSSR count). The van der Waals surface area contributed by atoms with E-state index in [1.807, 2.05) is 18.2 Å². The van der Waals surface area contributed by atoms with Crippen molar-refractivity contribution in [2.75, 3.05) is 5.32 Å². The molecule has 0 unspecified atom stereocenters. The van der Waals surface area contributed by atoms with Crippen molar-refractivity contribution in [3.63, 3.8) is 0 Å². The zero-order valence-electron chi connectivity index (χ0n) is 13.3. The van der Waals surface area contributed by atoms with Gasteiger partial charge in [-0.25, -0.2) is 9.67 Å². The van der Waals surface area contributed by atoms with Crippen molar-refractivity contribution in [3.05, 3.63) is 84.6 Å². The second-order valence-electron chi connectivity index (χ2n) is 5.56. The molecule has 25 heavy (non-hydrogen) atoms. The second kappa shape index (κ2) is 6.52. The standard InChI is InChI=1S/C19H15N5O/c25-19(17-12-20-10-11-21-17)23-18-8-9-22-24(18)13-15-6-3-5-14-4-1-2-7-16(14)15/h1-12H,13H2,(H,23,25). The van der Waals surface area contributed by atoms with Gasteiger partial charge in [0.05, 0.1) is 18.9 Å². The quantitative estimate of drug-likeness (QED) is 0.624. The molecule has 0 atom stereocenters. The Balaban J connectivity index is 1.60. The lowest BCUT2D eigenvalue weighted by Crippen LogP contribution is -2.17. The van der Waals surface area contributed by atoms with Gasteiger partial charge in [-0.1, -0.05) is 42.5 Å². The largest absolute Gasteiger partial charge is 0.305 e. The molecule has 6 nitrogen and oxygen atoms in total. The van der Waals surface area contributed by atoms with E-state index in [1.165, 1.54) is 29.4 Å². The summed E-state index contributed by atoms with van der Waals surface area (Å²) < 4.78 is 1.76. The van der Waals surface area contributed by atoms with Crippen molar-refractivity contribution < 1.29 is 4.79 Å². The highest BCUT2D eigenvalue weighted by atomic mass is 16.2. The Hall–Kier alpha value is -3.54. The predicted molar refractivity (Wildman–Crippen MR) is 95.3 cm³/mol. The van der Waals surface area contributed by atoms with Gasteiger partial charge < -0.3 is 5.32 Å². The molecule has 6 heteroatoms. The van der Waals surface area contributed by atoms with E-state index < -0.39 is 0 Å². The Kier molecular flexibility index (Phi) is 3.92. The number of fused-ring (bicyclic) bond motifs is 1. The first kappa shape index (κ1) is 15.0. The van der Waals surface area contributed by atoms with Crippen LogP contribution in [0.2, 0.25) is 0 Å². The Morgan fingerprint density at radius 3 is 2.76 bits per heavy atom. The zero-order chi connectivity index (χ0) is 17.1. The molecule has 0 aliphatic rings. The summed E-state index contributed by atoms with van der Waals surface area (Å²) in [6.45, 7) is 0.560. The number of carbonyl (C=O) groups is 1. The highest BCUT2D eigenvalue weighted by Gasteiger charge is 2.11. The summed E-state index contributed by atoms with van der Waals surface area (Å²) in [5.41, 5.74) is 1.40. The number of benzene rings is 2. The van der Waals surface area contributed by atoms with E-state index in [9.17, 15) is 4.79 Å². The summed E-state index contributed by atoms with van der Waals surface area (Å²) >= 11 is 0. The van der Waals surface area contributed by atoms with Crippen LogP contribution >= 0.6 is 0 Å². The van der Waals surface area contributed by atoms with Crippen molar-refractivity contribution in [2.24, 2.45) is 0 Å². The molecule has 4 aromatic rings. The van der Waals surface area contributed by atoms with Crippen LogP contribution in [-0.4, -0.2) is 25.7 Å². The number of aromatic nitrogens is 4. The SMILES string of the molecule is O=C(Nc1ccnn1Cc1cccc2ccccc12)c1cnccn1. The fourth-order valence-corrected chi connectivity index (χ4v) is 2.75. The van der Waals surface area contributed by atoms with Gasteiger partial charge in [0.2, 0.25) is 0 Å². The molecule has 0 radical (unpaired) electrons. The van der Waals surface area contributed by atoms with Crippen LogP contribution in [0.4, 0.5) is 5.82 Å². The molecular weight excluding hydrogens is 314 g/mol. The average Bonchev–Trinajstić information content (AvgIpc) is 3.09. The topological polar surface area (TPSA) is 72.7 Å². The predicted octanol–water partition coefficient (Wildman–Crippen LogP) is 3.13. The fraction of sp³-hybridized carbons (Fsp3) is 0.0526. The van der Waals surface area contributed by atoms with Crippen molar-refractivity contribution in [3.8, 4) is 0 Å². The lowest BCUT2D eigenvalue weighted by Gasteiger charge is -2.11. The molecule has 0 bridgehead atoms. The van der Waals surface area contributed by atoms with Gasteiger partial charge in [0.15, 0.2) is 0 Å². The Labute approximate surface area is 144 Å². The van der Waals surface area contributed by atoms with Gasteiger partial charge in [0.1, 0.15) is 11.5 Å². The van der Waals surface area contributed by atoms with E-state index in [1.54, 1.807) is 16.9 Å². The summed E-state index contributed by atoms with van der Waals surface area (Å²) in [7, 11) is 0. The van der Waals surface area contributed by atoms with Gasteiger partial charge in [-0.15, -0.1) is 0 Å². The number of hydrogen-bond acceptors (Lipinski definition) is 4. The van der Waals surface area contributed by atoms with Crippen LogP contribution in [0.25, 0.3) is 10.8 Å². The molecule has 2 heterocycles. The third-order valence-corrected chi connectivity index (χ3v) is 3.95. The monoisotopic (exact) mass is 329 g/mol. The van der Waals surface area contributed by atoms with Crippen LogP contribution in [0.3, 0.4) is 0 Å². The van der Waals surface area contributed by atoms with Crippen LogP contribution in [0.15, 0.2) is 73.3 Å². The smallest absolute Gasteiger partial charge is 0.277 e. The fourth-order valence-electron chi connectivity index (χ4n) is 2.75. The van der Waals surface area contributed by atoms with E-state index in [-0.39, 0.29) is 11.6 Å². The molecule has 122 valence electrons. The molecule has 0 saturated carbocycles. The number of hydrogen-bond donors (Lipinski definition) is 1. The molecule has 0 saturated heterocycles. The molecule has 2 aromatic carbocycles. The van der Waals surface area contributed by atoms with Gasteiger partial charge in [-0.3, -0.25) is 9.78 Å². The summed E-state index contributed by atoms with van der Waals surface area (Å²) in [5.74, 6) is 0.302. The summed E-state index contributed by atoms with van der Waals surface area (Å²) in [5, 5.41) is 9.52. The van der Waals surface area contributed by atoms with E-state index in [2.05, 4.69) is 44.6 Å². The summed E-state index contributed by atoms with van der Waals surface area (Å²) in [6, 6.07) is 16.2. The third kappa shape index (κ3) is 3.10. The van der Waals surface area contributed by atoms with Crippen molar-refractivity contribution in [2.45, 2.75) is 6.54 Å². The maximum Gasteiger partial charge on any atom is 0.277 e. The lowest BCUT2D eigenvalue weighted by atomic mass is 10.0. The van der Waals surface area contributed by atoms with Crippen LogP contribution in [0, 0.1) is 0 Å². The first-order valence-electron chi connectivity index (χ1n) is 7.87. The highest BCUT2D eigenvalue weighted by Crippen LogP contribution is 2.20. The molecule has 2 aromatic heterocycles. The molecule has 0 aliphatic heterocycles. The third-order valence-electron chi connectivity index (χ3n) is 3.95. The molecule has 1 N–H and O–H groups in total. The van der Waals surface area contributed by atoms with E-state index >= 15 is 0 Å². The first-order valence-corrected chi connectivity index (χ1v) is 7.87. The van der Waals surface area contributed by atoms with Crippen LogP contribution in [0.1, 0.15) is 16.1 Å². The van der Waals surface area contributed by atoms with Crippen molar-refractivity contribution >= 4 is 22.5 Å². The Morgan fingerprint density at radius 1 is 1.00 bits per heavy atom. The van der Waals surface area contributed by atoms with Crippen LogP contribution in [0.5, 0.6) is 0 Å². The number of amides is 1. The van der Waals surface area contributed by atoms with Gasteiger partial charge in [-0.2, -0.15) is 5.10 Å². The van der Waals surface area contributed by atoms with Crippen LogP contribution in [-0.2, 0) is 6.54 Å². The summed E-state index contributed by atoms with van der Waals surface area (Å²) in [6.07, 6.45) is 6.11. The van der Waals surface area contributed by atoms with Crippen molar-refractivity contribution in [1.29, 1.82) is 0 Å². The minimum absolute atomic E-state index is 0.264. The summed E-state index contributed by atoms with van der Waals surface area (Å²) in [4.78, 5) is 20.2. The second-order valence-corrected chi connectivity index (χ2v) is 5.56. The van der Waals surface area contributed by atoms with Crippen molar-refractivity contribution in [1.82, 2.24) is 19.7 Å². The Bertz CT molecular complexity index is 1020. The van der Waals surface area contributed by atoms with Gasteiger partial charge >= 0.3 is 0 Å². The number of nitrogens with one attached hydrogen (secondary N) is 1. The number of anilines is 1. The number of nitrogens with zero attached hydrogens (tertiary/aromatic N) is 4. The number of rotatable bonds is 4. The zero-order valence-corrected chi connectivity index (χ0v) is 13.3. The minimum Gasteiger partial charge on any atom is -0.305 e. The van der Waals surface area contributed by atoms with Gasteiger partial charge in [-0.05, 0) is 16.3 Å². The molecule has 0 aliphatic carbocycles. The van der Waals surface area contributed by atoms with E-state index in [0.29, 0.717) is 12.4 Å². The molecule has 0 fully saturated rings. The number of carbonyl (C=O) groups excluding carboxylic acids is 1. The first-order chi connectivity index (χ1) is 12.3. The Morgan fingerprint density at radius 2 is 1.88 bits per heavy atom. The van der Waals surface area contributed by atoms with E-state index in [0.717, 1.165) is 5.56 Å². The molecular formula is C19H15N5O. The normalized spacial score (nSPS) is 10.7. The van der Waals surface area contributed by atoms with Crippen LogP contribution < -0.4 is 5.32 Å². The molecule has 1 amide bonds. The average molecular weight is 329 g/mol. The maximum atomic E-state index is 12.3. The lowest BCUT2D eigenvalue weighted by molar-refractivity contribution is 0.102. The maximum absolute atomic E-state index is 12.3. The van der Waals surface area contributed by atoms with E-state index in [4.69, 9.17) is 0 Å². The minimum atomic E-state index is -0.312. The van der Waals surface area contributed by atoms with Gasteiger partial charge in [0, 0.05) is 18.5 Å². The highest BCUT2D eigenvalue weighted by molar-refractivity contribution is 6.02. The van der Waals surface area contributed by atoms with Gasteiger partial charge in [0.25, 0.3) is 5.91 Å².